The molecule has 2 unspecified atom stereocenters. The Labute approximate surface area is 132 Å². The maximum Gasteiger partial charge on any atom is 0.410 e. The van der Waals surface area contributed by atoms with Crippen LogP contribution in [0.3, 0.4) is 0 Å². The molecule has 0 radical (unpaired) electrons. The zero-order chi connectivity index (χ0) is 16.5. The zero-order valence-corrected chi connectivity index (χ0v) is 14.5. The molecule has 0 spiro atoms. The van der Waals surface area contributed by atoms with E-state index in [9.17, 15) is 4.79 Å². The second-order valence-corrected chi connectivity index (χ2v) is 7.14. The van der Waals surface area contributed by atoms with Crippen molar-refractivity contribution in [2.45, 2.75) is 58.7 Å². The van der Waals surface area contributed by atoms with E-state index in [4.69, 9.17) is 4.74 Å². The van der Waals surface area contributed by atoms with Crippen LogP contribution >= 0.6 is 0 Å². The van der Waals surface area contributed by atoms with Crippen molar-refractivity contribution in [1.82, 2.24) is 20.0 Å². The monoisotopic (exact) mass is 308 g/mol. The summed E-state index contributed by atoms with van der Waals surface area (Å²) in [5.41, 5.74) is 1.81. The third-order valence-corrected chi connectivity index (χ3v) is 3.84. The number of carbonyl (C=O) groups is 1. The molecule has 1 aromatic heterocycles. The number of carbonyl (C=O) groups excluding carboxylic acids is 1. The van der Waals surface area contributed by atoms with Crippen molar-refractivity contribution >= 4 is 6.09 Å². The standard InChI is InChI=1S/C16H28N4O2/c1-11(14-10-19(6)18-12(14)2)17-13-7-8-20(9-13)15(21)22-16(3,4)5/h10-11,13,17H,7-9H2,1-6H3. The van der Waals surface area contributed by atoms with Crippen molar-refractivity contribution in [3.05, 3.63) is 17.5 Å². The SMILES string of the molecule is Cc1nn(C)cc1C(C)NC1CCN(C(=O)OC(C)(C)C)C1. The van der Waals surface area contributed by atoms with Crippen LogP contribution in [-0.2, 0) is 11.8 Å². The molecule has 1 aromatic rings. The van der Waals surface area contributed by atoms with Crippen LogP contribution in [0.1, 0.15) is 51.4 Å². The van der Waals surface area contributed by atoms with E-state index < -0.39 is 5.60 Å². The number of nitrogens with zero attached hydrogens (tertiary/aromatic N) is 3. The number of likely N-dealkylation sites (tertiary alicyclic amines) is 1. The number of ether oxygens (including phenoxy) is 1. The lowest BCUT2D eigenvalue weighted by atomic mass is 10.1. The Kier molecular flexibility index (Phi) is 4.80. The van der Waals surface area contributed by atoms with Crippen molar-refractivity contribution in [3.63, 3.8) is 0 Å². The van der Waals surface area contributed by atoms with Gasteiger partial charge in [0.05, 0.1) is 5.69 Å². The van der Waals surface area contributed by atoms with Crippen LogP contribution in [0.4, 0.5) is 4.79 Å². The quantitative estimate of drug-likeness (QED) is 0.931. The lowest BCUT2D eigenvalue weighted by molar-refractivity contribution is 0.0290. The summed E-state index contributed by atoms with van der Waals surface area (Å²) in [4.78, 5) is 13.9. The number of aryl methyl sites for hydroxylation is 2. The Bertz CT molecular complexity index is 533. The Hall–Kier alpha value is -1.56. The molecule has 1 saturated heterocycles. The summed E-state index contributed by atoms with van der Waals surface area (Å²) in [5.74, 6) is 0. The number of nitrogens with one attached hydrogen (secondary N) is 1. The van der Waals surface area contributed by atoms with Gasteiger partial charge in [0, 0.05) is 44.0 Å². The van der Waals surface area contributed by atoms with Gasteiger partial charge in [-0.25, -0.2) is 4.79 Å². The fraction of sp³-hybridized carbons (Fsp3) is 0.750. The number of hydrogen-bond donors (Lipinski definition) is 1. The number of hydrogen-bond acceptors (Lipinski definition) is 4. The molecule has 2 heterocycles. The van der Waals surface area contributed by atoms with Crippen molar-refractivity contribution in [1.29, 1.82) is 0 Å². The molecule has 2 rings (SSSR count). The lowest BCUT2D eigenvalue weighted by Crippen LogP contribution is -2.39. The molecule has 6 heteroatoms. The first-order valence-electron chi connectivity index (χ1n) is 7.90. The molecule has 6 nitrogen and oxygen atoms in total. The van der Waals surface area contributed by atoms with Crippen molar-refractivity contribution < 1.29 is 9.53 Å². The molecule has 0 aromatic carbocycles. The molecular formula is C16H28N4O2. The van der Waals surface area contributed by atoms with Gasteiger partial charge in [-0.2, -0.15) is 5.10 Å². The van der Waals surface area contributed by atoms with Gasteiger partial charge in [0.15, 0.2) is 0 Å². The molecule has 0 bridgehead atoms. The lowest BCUT2D eigenvalue weighted by Gasteiger charge is -2.25. The smallest absolute Gasteiger partial charge is 0.410 e. The minimum Gasteiger partial charge on any atom is -0.444 e. The van der Waals surface area contributed by atoms with Gasteiger partial charge in [-0.1, -0.05) is 0 Å². The van der Waals surface area contributed by atoms with E-state index in [1.807, 2.05) is 45.6 Å². The molecule has 22 heavy (non-hydrogen) atoms. The average molecular weight is 308 g/mol. The van der Waals surface area contributed by atoms with Crippen molar-refractivity contribution in [2.24, 2.45) is 7.05 Å². The third kappa shape index (κ3) is 4.22. The Morgan fingerprint density at radius 3 is 2.73 bits per heavy atom. The van der Waals surface area contributed by atoms with E-state index in [-0.39, 0.29) is 12.1 Å². The molecule has 124 valence electrons. The predicted octanol–water partition coefficient (Wildman–Crippen LogP) is 2.39. The van der Waals surface area contributed by atoms with Crippen LogP contribution in [0.25, 0.3) is 0 Å². The minimum absolute atomic E-state index is 0.220. The fourth-order valence-corrected chi connectivity index (χ4v) is 2.87. The summed E-state index contributed by atoms with van der Waals surface area (Å²) in [6.45, 7) is 11.3. The van der Waals surface area contributed by atoms with Gasteiger partial charge in [0.1, 0.15) is 5.60 Å². The summed E-state index contributed by atoms with van der Waals surface area (Å²) >= 11 is 0. The topological polar surface area (TPSA) is 59.4 Å². The van der Waals surface area contributed by atoms with Gasteiger partial charge >= 0.3 is 6.09 Å². The highest BCUT2D eigenvalue weighted by Gasteiger charge is 2.30. The molecule has 1 fully saturated rings. The number of rotatable bonds is 3. The van der Waals surface area contributed by atoms with Crippen LogP contribution in [0.5, 0.6) is 0 Å². The minimum atomic E-state index is -0.442. The maximum absolute atomic E-state index is 12.1. The summed E-state index contributed by atoms with van der Waals surface area (Å²) in [5, 5.41) is 7.98. The van der Waals surface area contributed by atoms with Crippen LogP contribution in [0.15, 0.2) is 6.20 Å². The Morgan fingerprint density at radius 1 is 1.50 bits per heavy atom. The van der Waals surface area contributed by atoms with E-state index in [2.05, 4.69) is 17.3 Å². The van der Waals surface area contributed by atoms with Crippen molar-refractivity contribution in [3.8, 4) is 0 Å². The molecule has 1 N–H and O–H groups in total. The number of aromatic nitrogens is 2. The molecule has 0 saturated carbocycles. The van der Waals surface area contributed by atoms with Crippen LogP contribution in [-0.4, -0.2) is 45.5 Å². The van der Waals surface area contributed by atoms with E-state index in [1.54, 1.807) is 4.90 Å². The predicted molar refractivity (Wildman–Crippen MR) is 85.7 cm³/mol. The molecule has 1 aliphatic heterocycles. The molecule has 1 aliphatic rings. The summed E-state index contributed by atoms with van der Waals surface area (Å²) in [6.07, 6.45) is 2.78. The van der Waals surface area contributed by atoms with Crippen molar-refractivity contribution in [2.75, 3.05) is 13.1 Å². The average Bonchev–Trinajstić information content (AvgIpc) is 2.94. The van der Waals surface area contributed by atoms with E-state index >= 15 is 0 Å². The van der Waals surface area contributed by atoms with Crippen LogP contribution < -0.4 is 5.32 Å². The summed E-state index contributed by atoms with van der Waals surface area (Å²) < 4.78 is 7.27. The first-order chi connectivity index (χ1) is 10.2. The van der Waals surface area contributed by atoms with Gasteiger partial charge in [0.2, 0.25) is 0 Å². The van der Waals surface area contributed by atoms with Gasteiger partial charge in [-0.15, -0.1) is 0 Å². The van der Waals surface area contributed by atoms with E-state index in [0.717, 1.165) is 18.7 Å². The highest BCUT2D eigenvalue weighted by atomic mass is 16.6. The zero-order valence-electron chi connectivity index (χ0n) is 14.5. The van der Waals surface area contributed by atoms with Gasteiger partial charge in [-0.05, 0) is 41.0 Å². The van der Waals surface area contributed by atoms with Crippen LogP contribution in [0.2, 0.25) is 0 Å². The normalized spacial score (nSPS) is 20.3. The first kappa shape index (κ1) is 16.8. The van der Waals surface area contributed by atoms with E-state index in [0.29, 0.717) is 12.6 Å². The molecular weight excluding hydrogens is 280 g/mol. The molecule has 0 aliphatic carbocycles. The second kappa shape index (κ2) is 6.28. The fourth-order valence-electron chi connectivity index (χ4n) is 2.87. The second-order valence-electron chi connectivity index (χ2n) is 7.14. The van der Waals surface area contributed by atoms with Gasteiger partial charge in [-0.3, -0.25) is 4.68 Å². The van der Waals surface area contributed by atoms with Gasteiger partial charge in [0.25, 0.3) is 0 Å². The molecule has 1 amide bonds. The van der Waals surface area contributed by atoms with Gasteiger partial charge < -0.3 is 15.0 Å². The summed E-state index contributed by atoms with van der Waals surface area (Å²) in [7, 11) is 1.93. The third-order valence-electron chi connectivity index (χ3n) is 3.84. The van der Waals surface area contributed by atoms with E-state index in [1.165, 1.54) is 5.56 Å². The largest absolute Gasteiger partial charge is 0.444 e. The van der Waals surface area contributed by atoms with Crippen LogP contribution in [0, 0.1) is 6.92 Å². The first-order valence-corrected chi connectivity index (χ1v) is 7.90. The highest BCUT2D eigenvalue weighted by molar-refractivity contribution is 5.68. The summed E-state index contributed by atoms with van der Waals surface area (Å²) in [6, 6.07) is 0.513. The highest BCUT2D eigenvalue weighted by Crippen LogP contribution is 2.20. The Morgan fingerprint density at radius 2 is 2.18 bits per heavy atom. The number of amides is 1. The Balaban J connectivity index is 1.88. The maximum atomic E-state index is 12.1. The molecule has 2 atom stereocenters.